The number of amides is 2. The SMILES string of the molecule is COC(=O)[C@H](Cc1ccccc1)NC(=O)C[C@@H](O)CNC(=O)OCc1ccccc1. The quantitative estimate of drug-likeness (QED) is 0.509. The lowest BCUT2D eigenvalue weighted by Gasteiger charge is -2.18. The number of aliphatic hydroxyl groups excluding tert-OH is 1. The highest BCUT2D eigenvalue weighted by Crippen LogP contribution is 2.05. The zero-order valence-corrected chi connectivity index (χ0v) is 16.7. The number of methoxy groups -OCH3 is 1. The van der Waals surface area contributed by atoms with E-state index in [4.69, 9.17) is 9.47 Å². The molecule has 0 saturated carbocycles. The van der Waals surface area contributed by atoms with Crippen molar-refractivity contribution in [3.8, 4) is 0 Å². The minimum absolute atomic E-state index is 0.101. The highest BCUT2D eigenvalue weighted by Gasteiger charge is 2.23. The number of nitrogens with one attached hydrogen (secondary N) is 2. The predicted molar refractivity (Wildman–Crippen MR) is 109 cm³/mol. The van der Waals surface area contributed by atoms with Crippen molar-refractivity contribution in [2.24, 2.45) is 0 Å². The molecule has 0 fully saturated rings. The second kappa shape index (κ2) is 12.2. The van der Waals surface area contributed by atoms with Crippen molar-refractivity contribution in [3.63, 3.8) is 0 Å². The number of hydrogen-bond acceptors (Lipinski definition) is 6. The molecule has 0 spiro atoms. The summed E-state index contributed by atoms with van der Waals surface area (Å²) in [7, 11) is 1.24. The molecular formula is C22H26N2O6. The minimum Gasteiger partial charge on any atom is -0.467 e. The van der Waals surface area contributed by atoms with Gasteiger partial charge in [0.25, 0.3) is 0 Å². The summed E-state index contributed by atoms with van der Waals surface area (Å²) >= 11 is 0. The molecule has 3 N–H and O–H groups in total. The number of benzene rings is 2. The van der Waals surface area contributed by atoms with Crippen molar-refractivity contribution >= 4 is 18.0 Å². The molecule has 0 aromatic heterocycles. The average Bonchev–Trinajstić information content (AvgIpc) is 2.76. The molecular weight excluding hydrogens is 388 g/mol. The highest BCUT2D eigenvalue weighted by molar-refractivity contribution is 5.84. The van der Waals surface area contributed by atoms with Crippen LogP contribution in [-0.4, -0.2) is 48.9 Å². The summed E-state index contributed by atoms with van der Waals surface area (Å²) in [5.41, 5.74) is 1.69. The molecule has 2 rings (SSSR count). The topological polar surface area (TPSA) is 114 Å². The Bertz CT molecular complexity index is 813. The lowest BCUT2D eigenvalue weighted by molar-refractivity contribution is -0.145. The van der Waals surface area contributed by atoms with Gasteiger partial charge in [0.1, 0.15) is 12.6 Å². The fraction of sp³-hybridized carbons (Fsp3) is 0.318. The van der Waals surface area contributed by atoms with Gasteiger partial charge in [-0.25, -0.2) is 9.59 Å². The predicted octanol–water partition coefficient (Wildman–Crippen LogP) is 1.56. The summed E-state index contributed by atoms with van der Waals surface area (Å²) in [4.78, 5) is 35.9. The molecule has 0 radical (unpaired) electrons. The molecule has 0 aliphatic carbocycles. The molecule has 2 atom stereocenters. The zero-order valence-electron chi connectivity index (χ0n) is 16.7. The smallest absolute Gasteiger partial charge is 0.407 e. The van der Waals surface area contributed by atoms with Crippen LogP contribution in [0.4, 0.5) is 4.79 Å². The minimum atomic E-state index is -1.13. The number of ether oxygens (including phenoxy) is 2. The first-order valence-corrected chi connectivity index (χ1v) is 9.51. The maximum atomic E-state index is 12.2. The molecule has 0 aliphatic rings. The molecule has 2 amide bonds. The van der Waals surface area contributed by atoms with Crippen molar-refractivity contribution < 1.29 is 29.0 Å². The van der Waals surface area contributed by atoms with E-state index in [0.717, 1.165) is 11.1 Å². The monoisotopic (exact) mass is 414 g/mol. The van der Waals surface area contributed by atoms with E-state index in [2.05, 4.69) is 10.6 Å². The molecule has 2 aromatic carbocycles. The Hall–Kier alpha value is -3.39. The van der Waals surface area contributed by atoms with E-state index >= 15 is 0 Å². The van der Waals surface area contributed by atoms with Gasteiger partial charge in [-0.1, -0.05) is 60.7 Å². The van der Waals surface area contributed by atoms with E-state index in [9.17, 15) is 19.5 Å². The van der Waals surface area contributed by atoms with E-state index in [-0.39, 0.29) is 26.0 Å². The summed E-state index contributed by atoms with van der Waals surface area (Å²) in [6, 6.07) is 17.5. The Morgan fingerprint density at radius 3 is 2.17 bits per heavy atom. The lowest BCUT2D eigenvalue weighted by atomic mass is 10.1. The van der Waals surface area contributed by atoms with Crippen LogP contribution in [-0.2, 0) is 32.1 Å². The van der Waals surface area contributed by atoms with E-state index in [1.165, 1.54) is 7.11 Å². The van der Waals surface area contributed by atoms with Crippen LogP contribution in [0.2, 0.25) is 0 Å². The second-order valence-electron chi connectivity index (χ2n) is 6.63. The van der Waals surface area contributed by atoms with Crippen LogP contribution < -0.4 is 10.6 Å². The Labute approximate surface area is 175 Å². The molecule has 30 heavy (non-hydrogen) atoms. The largest absolute Gasteiger partial charge is 0.467 e. The number of esters is 1. The summed E-state index contributed by atoms with van der Waals surface area (Å²) in [5, 5.41) is 15.0. The molecule has 8 nitrogen and oxygen atoms in total. The first kappa shape index (κ1) is 22.9. The van der Waals surface area contributed by atoms with Crippen LogP contribution in [0.25, 0.3) is 0 Å². The number of alkyl carbamates (subject to hydrolysis) is 1. The maximum Gasteiger partial charge on any atom is 0.407 e. The van der Waals surface area contributed by atoms with E-state index in [1.807, 2.05) is 60.7 Å². The molecule has 0 saturated heterocycles. The van der Waals surface area contributed by atoms with Gasteiger partial charge in [0.2, 0.25) is 5.91 Å². The Morgan fingerprint density at radius 2 is 1.57 bits per heavy atom. The van der Waals surface area contributed by atoms with E-state index in [0.29, 0.717) is 0 Å². The number of carbonyl (C=O) groups is 3. The van der Waals surface area contributed by atoms with Crippen LogP contribution in [0.3, 0.4) is 0 Å². The van der Waals surface area contributed by atoms with Gasteiger partial charge in [-0.3, -0.25) is 4.79 Å². The average molecular weight is 414 g/mol. The molecule has 0 bridgehead atoms. The van der Waals surface area contributed by atoms with Crippen LogP contribution in [0.5, 0.6) is 0 Å². The molecule has 160 valence electrons. The third-order valence-electron chi connectivity index (χ3n) is 4.22. The lowest BCUT2D eigenvalue weighted by Crippen LogP contribution is -2.45. The van der Waals surface area contributed by atoms with Crippen LogP contribution >= 0.6 is 0 Å². The first-order valence-electron chi connectivity index (χ1n) is 9.51. The van der Waals surface area contributed by atoms with Gasteiger partial charge in [-0.2, -0.15) is 0 Å². The Kier molecular flexibility index (Phi) is 9.33. The summed E-state index contributed by atoms with van der Waals surface area (Å²) < 4.78 is 9.78. The Morgan fingerprint density at radius 1 is 0.967 bits per heavy atom. The van der Waals surface area contributed by atoms with Crippen LogP contribution in [0.15, 0.2) is 60.7 Å². The number of rotatable bonds is 10. The molecule has 0 unspecified atom stereocenters. The van der Waals surface area contributed by atoms with Crippen LogP contribution in [0, 0.1) is 0 Å². The van der Waals surface area contributed by atoms with Gasteiger partial charge in [-0.15, -0.1) is 0 Å². The third-order valence-corrected chi connectivity index (χ3v) is 4.22. The number of carbonyl (C=O) groups excluding carboxylic acids is 3. The normalized spacial score (nSPS) is 12.3. The van der Waals surface area contributed by atoms with E-state index in [1.54, 1.807) is 0 Å². The summed E-state index contributed by atoms with van der Waals surface area (Å²) in [5.74, 6) is -1.11. The highest BCUT2D eigenvalue weighted by atomic mass is 16.5. The van der Waals surface area contributed by atoms with Gasteiger partial charge in [-0.05, 0) is 11.1 Å². The van der Waals surface area contributed by atoms with Crippen molar-refractivity contribution in [3.05, 3.63) is 71.8 Å². The van der Waals surface area contributed by atoms with Crippen molar-refractivity contribution in [2.75, 3.05) is 13.7 Å². The fourth-order valence-corrected chi connectivity index (χ4v) is 2.70. The maximum absolute atomic E-state index is 12.2. The Balaban J connectivity index is 1.74. The molecule has 2 aromatic rings. The second-order valence-corrected chi connectivity index (χ2v) is 6.63. The standard InChI is InChI=1S/C22H26N2O6/c1-29-21(27)19(12-16-8-4-2-5-9-16)24-20(26)13-18(25)14-23-22(28)30-15-17-10-6-3-7-11-17/h2-11,18-19,25H,12-15H2,1H3,(H,23,28)(H,24,26)/t18-,19+/m1/s1. The third kappa shape index (κ3) is 8.32. The summed E-state index contributed by atoms with van der Waals surface area (Å²) in [6.07, 6.45) is -1.86. The van der Waals surface area contributed by atoms with Gasteiger partial charge in [0.05, 0.1) is 19.6 Å². The van der Waals surface area contributed by atoms with Crippen molar-refractivity contribution in [1.82, 2.24) is 10.6 Å². The van der Waals surface area contributed by atoms with Gasteiger partial charge < -0.3 is 25.2 Å². The summed E-state index contributed by atoms with van der Waals surface area (Å²) in [6.45, 7) is -0.0633. The van der Waals surface area contributed by atoms with Crippen LogP contribution in [0.1, 0.15) is 17.5 Å². The number of hydrogen-bond donors (Lipinski definition) is 3. The molecule has 8 heteroatoms. The van der Waals surface area contributed by atoms with Gasteiger partial charge in [0.15, 0.2) is 0 Å². The fourth-order valence-electron chi connectivity index (χ4n) is 2.70. The van der Waals surface area contributed by atoms with Gasteiger partial charge in [0, 0.05) is 13.0 Å². The number of aliphatic hydroxyl groups is 1. The molecule has 0 aliphatic heterocycles. The molecule has 0 heterocycles. The van der Waals surface area contributed by atoms with Crippen molar-refractivity contribution in [1.29, 1.82) is 0 Å². The zero-order chi connectivity index (χ0) is 21.8. The van der Waals surface area contributed by atoms with Gasteiger partial charge >= 0.3 is 12.1 Å². The van der Waals surface area contributed by atoms with Crippen molar-refractivity contribution in [2.45, 2.75) is 31.6 Å². The first-order chi connectivity index (χ1) is 14.5. The van der Waals surface area contributed by atoms with E-state index < -0.39 is 30.1 Å².